The molecule has 0 atom stereocenters. The number of piperidine rings is 1. The smallest absolute Gasteiger partial charge is 0.0759 e. The van der Waals surface area contributed by atoms with Crippen molar-refractivity contribution in [2.75, 3.05) is 26.7 Å². The van der Waals surface area contributed by atoms with Gasteiger partial charge in [0.05, 0.1) is 12.1 Å². The highest BCUT2D eigenvalue weighted by Gasteiger charge is 2.30. The number of azide groups is 1. The van der Waals surface area contributed by atoms with Crippen molar-refractivity contribution in [1.82, 2.24) is 5.32 Å². The maximum Gasteiger partial charge on any atom is 0.0759 e. The lowest BCUT2D eigenvalue weighted by Gasteiger charge is -2.34. The summed E-state index contributed by atoms with van der Waals surface area (Å²) in [5.74, 6) is 0. The van der Waals surface area contributed by atoms with Crippen LogP contribution in [-0.4, -0.2) is 32.3 Å². The number of methoxy groups -OCH3 is 1. The molecule has 0 aromatic rings. The van der Waals surface area contributed by atoms with Crippen LogP contribution < -0.4 is 5.32 Å². The first-order chi connectivity index (χ1) is 5.83. The lowest BCUT2D eigenvalue weighted by molar-refractivity contribution is -0.0258. The second-order valence-electron chi connectivity index (χ2n) is 3.03. The van der Waals surface area contributed by atoms with Crippen LogP contribution in [-0.2, 0) is 4.74 Å². The van der Waals surface area contributed by atoms with E-state index >= 15 is 0 Å². The summed E-state index contributed by atoms with van der Waals surface area (Å²) in [5, 5.41) is 6.80. The van der Waals surface area contributed by atoms with Crippen LogP contribution in [0.4, 0.5) is 0 Å². The fourth-order valence-corrected chi connectivity index (χ4v) is 1.47. The first kappa shape index (κ1) is 9.32. The van der Waals surface area contributed by atoms with Gasteiger partial charge in [0.15, 0.2) is 0 Å². The zero-order chi connectivity index (χ0) is 8.86. The van der Waals surface area contributed by atoms with Gasteiger partial charge in [-0.1, -0.05) is 5.11 Å². The molecule has 1 aliphatic rings. The lowest BCUT2D eigenvalue weighted by Crippen LogP contribution is -2.45. The van der Waals surface area contributed by atoms with E-state index < -0.39 is 0 Å². The highest BCUT2D eigenvalue weighted by Crippen LogP contribution is 2.22. The Morgan fingerprint density at radius 2 is 2.25 bits per heavy atom. The predicted molar refractivity (Wildman–Crippen MR) is 45.9 cm³/mol. The molecule has 0 aromatic heterocycles. The van der Waals surface area contributed by atoms with Crippen LogP contribution in [0.5, 0.6) is 0 Å². The number of ether oxygens (including phenoxy) is 1. The van der Waals surface area contributed by atoms with Gasteiger partial charge < -0.3 is 10.1 Å². The Labute approximate surface area is 71.7 Å². The topological polar surface area (TPSA) is 70.0 Å². The molecule has 0 saturated carbocycles. The molecular formula is C7H14N4O. The third-order valence-electron chi connectivity index (χ3n) is 2.37. The molecule has 1 fully saturated rings. The Morgan fingerprint density at radius 3 is 2.75 bits per heavy atom. The van der Waals surface area contributed by atoms with Gasteiger partial charge >= 0.3 is 0 Å². The molecule has 68 valence electrons. The van der Waals surface area contributed by atoms with Gasteiger partial charge in [-0.05, 0) is 31.5 Å². The molecule has 0 spiro atoms. The van der Waals surface area contributed by atoms with Gasteiger partial charge in [-0.2, -0.15) is 0 Å². The molecule has 5 nitrogen and oxygen atoms in total. The molecule has 5 heteroatoms. The first-order valence-electron chi connectivity index (χ1n) is 4.10. The molecule has 0 aliphatic carbocycles. The molecule has 0 aromatic carbocycles. The third kappa shape index (κ3) is 2.11. The van der Waals surface area contributed by atoms with Crippen molar-refractivity contribution in [2.24, 2.45) is 5.11 Å². The van der Waals surface area contributed by atoms with E-state index in [1.807, 2.05) is 0 Å². The summed E-state index contributed by atoms with van der Waals surface area (Å²) < 4.78 is 5.38. The van der Waals surface area contributed by atoms with E-state index in [9.17, 15) is 0 Å². The Balaban J connectivity index is 2.53. The molecule has 1 N–H and O–H groups in total. The average molecular weight is 170 g/mol. The minimum atomic E-state index is -0.211. The zero-order valence-corrected chi connectivity index (χ0v) is 7.29. The molecule has 0 bridgehead atoms. The second-order valence-corrected chi connectivity index (χ2v) is 3.03. The Hall–Kier alpha value is -0.770. The third-order valence-corrected chi connectivity index (χ3v) is 2.37. The highest BCUT2D eigenvalue weighted by molar-refractivity contribution is 4.88. The van der Waals surface area contributed by atoms with E-state index in [0.717, 1.165) is 25.9 Å². The number of nitrogens with zero attached hydrogens (tertiary/aromatic N) is 3. The van der Waals surface area contributed by atoms with Crippen LogP contribution in [0.2, 0.25) is 0 Å². The molecule has 1 rings (SSSR count). The Kier molecular flexibility index (Phi) is 3.34. The van der Waals surface area contributed by atoms with E-state index in [1.165, 1.54) is 0 Å². The van der Waals surface area contributed by atoms with Crippen LogP contribution in [0.25, 0.3) is 10.4 Å². The average Bonchev–Trinajstić information content (AvgIpc) is 2.16. The van der Waals surface area contributed by atoms with Crippen LogP contribution in [0.15, 0.2) is 5.11 Å². The van der Waals surface area contributed by atoms with Gasteiger partial charge in [-0.3, -0.25) is 0 Å². The molecular weight excluding hydrogens is 156 g/mol. The summed E-state index contributed by atoms with van der Waals surface area (Å²) in [5.41, 5.74) is 7.98. The van der Waals surface area contributed by atoms with Gasteiger partial charge in [0.2, 0.25) is 0 Å². The molecule has 0 radical (unpaired) electrons. The van der Waals surface area contributed by atoms with Crippen molar-refractivity contribution in [3.8, 4) is 0 Å². The number of hydrogen-bond donors (Lipinski definition) is 1. The lowest BCUT2D eigenvalue weighted by atomic mass is 9.92. The molecule has 0 amide bonds. The number of rotatable bonds is 3. The molecule has 12 heavy (non-hydrogen) atoms. The second kappa shape index (κ2) is 4.30. The summed E-state index contributed by atoms with van der Waals surface area (Å²) in [6, 6.07) is 0. The standard InChI is InChI=1S/C7H14N4O/c1-12-7(6-10-11-8)2-4-9-5-3-7/h9H,2-6H2,1H3. The first-order valence-corrected chi connectivity index (χ1v) is 4.10. The van der Waals surface area contributed by atoms with Gasteiger partial charge in [0, 0.05) is 12.0 Å². The quantitative estimate of drug-likeness (QED) is 0.391. The van der Waals surface area contributed by atoms with E-state index in [1.54, 1.807) is 7.11 Å². The van der Waals surface area contributed by atoms with Gasteiger partial charge in [0.25, 0.3) is 0 Å². The number of hydrogen-bond acceptors (Lipinski definition) is 3. The SMILES string of the molecule is COC1(CN=[N+]=[N-])CCNCC1. The van der Waals surface area contributed by atoms with Gasteiger partial charge in [-0.25, -0.2) is 0 Å². The van der Waals surface area contributed by atoms with Crippen molar-refractivity contribution < 1.29 is 4.74 Å². The van der Waals surface area contributed by atoms with Gasteiger partial charge in [0.1, 0.15) is 0 Å². The largest absolute Gasteiger partial charge is 0.378 e. The Bertz CT molecular complexity index is 182. The molecule has 1 saturated heterocycles. The van der Waals surface area contributed by atoms with Crippen molar-refractivity contribution in [1.29, 1.82) is 0 Å². The minimum absolute atomic E-state index is 0.211. The van der Waals surface area contributed by atoms with Crippen LogP contribution in [0.3, 0.4) is 0 Å². The summed E-state index contributed by atoms with van der Waals surface area (Å²) in [6.45, 7) is 2.32. The van der Waals surface area contributed by atoms with E-state index in [4.69, 9.17) is 10.3 Å². The monoisotopic (exact) mass is 170 g/mol. The van der Waals surface area contributed by atoms with Crippen LogP contribution in [0.1, 0.15) is 12.8 Å². The van der Waals surface area contributed by atoms with E-state index in [2.05, 4.69) is 15.3 Å². The fraction of sp³-hybridized carbons (Fsp3) is 1.00. The Morgan fingerprint density at radius 1 is 1.58 bits per heavy atom. The zero-order valence-electron chi connectivity index (χ0n) is 7.29. The van der Waals surface area contributed by atoms with E-state index in [0.29, 0.717) is 6.54 Å². The molecule has 0 unspecified atom stereocenters. The maximum absolute atomic E-state index is 8.19. The van der Waals surface area contributed by atoms with Crippen LogP contribution >= 0.6 is 0 Å². The summed E-state index contributed by atoms with van der Waals surface area (Å²) >= 11 is 0. The fourth-order valence-electron chi connectivity index (χ4n) is 1.47. The van der Waals surface area contributed by atoms with Crippen molar-refractivity contribution in [3.63, 3.8) is 0 Å². The summed E-state index contributed by atoms with van der Waals surface area (Å²) in [4.78, 5) is 2.75. The summed E-state index contributed by atoms with van der Waals surface area (Å²) in [7, 11) is 1.68. The van der Waals surface area contributed by atoms with E-state index in [-0.39, 0.29) is 5.60 Å². The molecule has 1 aliphatic heterocycles. The number of nitrogens with one attached hydrogen (secondary N) is 1. The van der Waals surface area contributed by atoms with Crippen molar-refractivity contribution in [2.45, 2.75) is 18.4 Å². The van der Waals surface area contributed by atoms with Crippen molar-refractivity contribution in [3.05, 3.63) is 10.4 Å². The highest BCUT2D eigenvalue weighted by atomic mass is 16.5. The minimum Gasteiger partial charge on any atom is -0.378 e. The molecule has 1 heterocycles. The predicted octanol–water partition coefficient (Wildman–Crippen LogP) is 1.07. The van der Waals surface area contributed by atoms with Gasteiger partial charge in [-0.15, -0.1) is 0 Å². The maximum atomic E-state index is 8.19. The normalized spacial score (nSPS) is 21.4. The van der Waals surface area contributed by atoms with Crippen molar-refractivity contribution >= 4 is 0 Å². The summed E-state index contributed by atoms with van der Waals surface area (Å²) in [6.07, 6.45) is 1.84. The van der Waals surface area contributed by atoms with Crippen LogP contribution in [0, 0.1) is 0 Å².